The van der Waals surface area contributed by atoms with E-state index in [1.165, 1.54) is 12.0 Å². The molecule has 1 N–H and O–H groups in total. The fourth-order valence-electron chi connectivity index (χ4n) is 4.02. The largest absolute Gasteiger partial charge is 0.376 e. The quantitative estimate of drug-likeness (QED) is 0.795. The van der Waals surface area contributed by atoms with Crippen molar-refractivity contribution in [2.75, 3.05) is 20.1 Å². The molecule has 3 rings (SSSR count). The molecule has 0 spiro atoms. The summed E-state index contributed by atoms with van der Waals surface area (Å²) >= 11 is 0. The first kappa shape index (κ1) is 20.0. The molecule has 1 fully saturated rings. The van der Waals surface area contributed by atoms with Crippen molar-refractivity contribution in [3.05, 3.63) is 53.8 Å². The average molecular weight is 397 g/mol. The normalized spacial score (nSPS) is 23.4. The summed E-state index contributed by atoms with van der Waals surface area (Å²) in [5.41, 5.74) is 1.32. The SMILES string of the molecule is CN1C=C([C@@H]2CCCC[C@H]2CCNS(=O)(=O)c2ccc(F)c(F)c2)C=CC1. The van der Waals surface area contributed by atoms with Gasteiger partial charge in [-0.15, -0.1) is 0 Å². The first-order valence-corrected chi connectivity index (χ1v) is 10.9. The van der Waals surface area contributed by atoms with Crippen LogP contribution in [0.5, 0.6) is 0 Å². The number of benzene rings is 1. The van der Waals surface area contributed by atoms with Crippen LogP contribution < -0.4 is 4.72 Å². The van der Waals surface area contributed by atoms with Gasteiger partial charge < -0.3 is 4.90 Å². The lowest BCUT2D eigenvalue weighted by Gasteiger charge is -2.34. The highest BCUT2D eigenvalue weighted by Crippen LogP contribution is 2.38. The van der Waals surface area contributed by atoms with E-state index in [-0.39, 0.29) is 11.4 Å². The molecule has 0 unspecified atom stereocenters. The zero-order valence-electron chi connectivity index (χ0n) is 15.5. The Labute approximate surface area is 160 Å². The number of allylic oxidation sites excluding steroid dienone is 2. The van der Waals surface area contributed by atoms with Crippen LogP contribution in [0.25, 0.3) is 0 Å². The van der Waals surface area contributed by atoms with E-state index < -0.39 is 21.7 Å². The Balaban J connectivity index is 1.62. The molecule has 0 aromatic heterocycles. The van der Waals surface area contributed by atoms with Gasteiger partial charge in [-0.05, 0) is 54.9 Å². The summed E-state index contributed by atoms with van der Waals surface area (Å²) in [5, 5.41) is 0. The van der Waals surface area contributed by atoms with Crippen LogP contribution in [-0.2, 0) is 10.0 Å². The van der Waals surface area contributed by atoms with E-state index in [4.69, 9.17) is 0 Å². The van der Waals surface area contributed by atoms with E-state index >= 15 is 0 Å². The number of hydrogen-bond donors (Lipinski definition) is 1. The van der Waals surface area contributed by atoms with Crippen LogP contribution in [0, 0.1) is 23.5 Å². The van der Waals surface area contributed by atoms with Crippen molar-refractivity contribution in [2.45, 2.75) is 37.0 Å². The fraction of sp³-hybridized carbons (Fsp3) is 0.500. The molecule has 0 radical (unpaired) electrons. The van der Waals surface area contributed by atoms with Gasteiger partial charge in [-0.3, -0.25) is 0 Å². The molecule has 148 valence electrons. The van der Waals surface area contributed by atoms with Crippen LogP contribution in [0.3, 0.4) is 0 Å². The van der Waals surface area contributed by atoms with Crippen LogP contribution in [0.4, 0.5) is 8.78 Å². The summed E-state index contributed by atoms with van der Waals surface area (Å²) in [6.07, 6.45) is 11.8. The molecule has 1 aromatic carbocycles. The number of halogens is 2. The Hall–Kier alpha value is -1.73. The van der Waals surface area contributed by atoms with Crippen molar-refractivity contribution in [1.82, 2.24) is 9.62 Å². The van der Waals surface area contributed by atoms with Gasteiger partial charge in [-0.25, -0.2) is 21.9 Å². The van der Waals surface area contributed by atoms with Gasteiger partial charge in [0.1, 0.15) is 0 Å². The summed E-state index contributed by atoms with van der Waals surface area (Å²) in [5.74, 6) is -1.37. The number of nitrogens with zero attached hydrogens (tertiary/aromatic N) is 1. The summed E-state index contributed by atoms with van der Waals surface area (Å²) in [7, 11) is -1.79. The van der Waals surface area contributed by atoms with Gasteiger partial charge in [0.05, 0.1) is 4.90 Å². The first-order chi connectivity index (χ1) is 12.9. The Morgan fingerprint density at radius 2 is 1.96 bits per heavy atom. The third kappa shape index (κ3) is 4.96. The first-order valence-electron chi connectivity index (χ1n) is 9.40. The van der Waals surface area contributed by atoms with Crippen molar-refractivity contribution < 1.29 is 17.2 Å². The lowest BCUT2D eigenvalue weighted by Crippen LogP contribution is -2.30. The van der Waals surface area contributed by atoms with E-state index in [0.717, 1.165) is 44.4 Å². The zero-order valence-corrected chi connectivity index (χ0v) is 16.3. The molecule has 7 heteroatoms. The second-order valence-corrected chi connectivity index (χ2v) is 9.15. The molecular formula is C20H26F2N2O2S. The maximum Gasteiger partial charge on any atom is 0.240 e. The summed E-state index contributed by atoms with van der Waals surface area (Å²) in [4.78, 5) is 1.91. The zero-order chi connectivity index (χ0) is 19.4. The predicted octanol–water partition coefficient (Wildman–Crippen LogP) is 3.83. The van der Waals surface area contributed by atoms with E-state index in [1.807, 2.05) is 0 Å². The van der Waals surface area contributed by atoms with Gasteiger partial charge in [0.2, 0.25) is 10.0 Å². The molecule has 27 heavy (non-hydrogen) atoms. The molecular weight excluding hydrogens is 370 g/mol. The van der Waals surface area contributed by atoms with Crippen LogP contribution in [0.2, 0.25) is 0 Å². The number of nitrogens with one attached hydrogen (secondary N) is 1. The minimum absolute atomic E-state index is 0.249. The lowest BCUT2D eigenvalue weighted by atomic mass is 9.73. The number of rotatable bonds is 6. The minimum Gasteiger partial charge on any atom is -0.376 e. The minimum atomic E-state index is -3.84. The van der Waals surface area contributed by atoms with E-state index in [0.29, 0.717) is 17.9 Å². The molecule has 0 bridgehead atoms. The van der Waals surface area contributed by atoms with E-state index in [2.05, 4.69) is 35.0 Å². The highest BCUT2D eigenvalue weighted by atomic mass is 32.2. The maximum atomic E-state index is 13.3. The Morgan fingerprint density at radius 1 is 1.19 bits per heavy atom. The van der Waals surface area contributed by atoms with Crippen molar-refractivity contribution in [1.29, 1.82) is 0 Å². The highest BCUT2D eigenvalue weighted by molar-refractivity contribution is 7.89. The van der Waals surface area contributed by atoms with Crippen LogP contribution in [0.1, 0.15) is 32.1 Å². The smallest absolute Gasteiger partial charge is 0.240 e. The van der Waals surface area contributed by atoms with Gasteiger partial charge in [-0.2, -0.15) is 0 Å². The molecule has 1 aliphatic heterocycles. The summed E-state index contributed by atoms with van der Waals surface area (Å²) < 4.78 is 53.6. The molecule has 0 saturated heterocycles. The van der Waals surface area contributed by atoms with Crippen LogP contribution in [0.15, 0.2) is 47.0 Å². The third-order valence-corrected chi connectivity index (χ3v) is 6.88. The Morgan fingerprint density at radius 3 is 2.70 bits per heavy atom. The van der Waals surface area contributed by atoms with Gasteiger partial charge >= 0.3 is 0 Å². The lowest BCUT2D eigenvalue weighted by molar-refractivity contribution is 0.257. The van der Waals surface area contributed by atoms with Gasteiger partial charge in [0.25, 0.3) is 0 Å². The standard InChI is InChI=1S/C20H26F2N2O2S/c1-24-12-4-6-16(14-24)18-7-3-2-5-15(18)10-11-23-27(25,26)17-8-9-19(21)20(22)13-17/h4,6,8-9,13-15,18,23H,2-3,5,7,10-12H2,1H3/t15-,18+/m0/s1. The molecule has 1 heterocycles. The Bertz CT molecular complexity index is 836. The topological polar surface area (TPSA) is 49.4 Å². The molecule has 1 aliphatic carbocycles. The summed E-state index contributed by atoms with van der Waals surface area (Å²) in [6.45, 7) is 1.20. The van der Waals surface area contributed by atoms with Crippen molar-refractivity contribution in [2.24, 2.45) is 11.8 Å². The van der Waals surface area contributed by atoms with Crippen LogP contribution >= 0.6 is 0 Å². The predicted molar refractivity (Wildman–Crippen MR) is 101 cm³/mol. The molecule has 1 saturated carbocycles. The molecule has 4 nitrogen and oxygen atoms in total. The van der Waals surface area contributed by atoms with Gasteiger partial charge in [-0.1, -0.05) is 25.0 Å². The van der Waals surface area contributed by atoms with Crippen molar-refractivity contribution >= 4 is 10.0 Å². The van der Waals surface area contributed by atoms with Crippen LogP contribution in [-0.4, -0.2) is 33.5 Å². The monoisotopic (exact) mass is 396 g/mol. The second kappa shape index (κ2) is 8.52. The van der Waals surface area contributed by atoms with Crippen molar-refractivity contribution in [3.63, 3.8) is 0 Å². The maximum absolute atomic E-state index is 13.3. The molecule has 2 atom stereocenters. The van der Waals surface area contributed by atoms with Crippen molar-refractivity contribution in [3.8, 4) is 0 Å². The molecule has 2 aliphatic rings. The number of sulfonamides is 1. The average Bonchev–Trinajstić information content (AvgIpc) is 2.64. The van der Waals surface area contributed by atoms with E-state index in [1.54, 1.807) is 0 Å². The van der Waals surface area contributed by atoms with Gasteiger partial charge in [0.15, 0.2) is 11.6 Å². The molecule has 1 aromatic rings. The van der Waals surface area contributed by atoms with E-state index in [9.17, 15) is 17.2 Å². The highest BCUT2D eigenvalue weighted by Gasteiger charge is 2.28. The van der Waals surface area contributed by atoms with Gasteiger partial charge in [0, 0.05) is 26.3 Å². The second-order valence-electron chi connectivity index (χ2n) is 7.38. The third-order valence-electron chi connectivity index (χ3n) is 5.42. The fourth-order valence-corrected chi connectivity index (χ4v) is 5.08. The molecule has 0 amide bonds. The summed E-state index contributed by atoms with van der Waals surface area (Å²) in [6, 6.07) is 2.63. The number of likely N-dealkylation sites (N-methyl/N-ethyl adjacent to an activating group) is 1. The Kier molecular flexibility index (Phi) is 6.32. The number of hydrogen-bond acceptors (Lipinski definition) is 3.